The molecule has 0 aromatic carbocycles. The molecule has 0 fully saturated rings. The Bertz CT molecular complexity index is 70.6. The third-order valence-corrected chi connectivity index (χ3v) is 0.664. The summed E-state index contributed by atoms with van der Waals surface area (Å²) >= 11 is 0. The zero-order valence-corrected chi connectivity index (χ0v) is 7.04. The van der Waals surface area contributed by atoms with Crippen LogP contribution in [0.3, 0.4) is 0 Å². The topological polar surface area (TPSA) is 26.0 Å². The van der Waals surface area contributed by atoms with E-state index in [1.165, 1.54) is 6.42 Å². The van der Waals surface area contributed by atoms with Gasteiger partial charge in [-0.25, -0.2) is 0 Å². The molecule has 0 saturated heterocycles. The van der Waals surface area contributed by atoms with Gasteiger partial charge < -0.3 is 5.73 Å². The van der Waals surface area contributed by atoms with Gasteiger partial charge in [-0.3, -0.25) is 0 Å². The summed E-state index contributed by atoms with van der Waals surface area (Å²) in [5.74, 6) is 0. The maximum Gasteiger partial charge on any atom is 0.389 e. The smallest absolute Gasteiger partial charge is 0.330 e. The highest BCUT2D eigenvalue weighted by molar-refractivity contribution is 4.49. The molecular formula is C7H16F3N. The molecule has 0 atom stereocenters. The number of hydrogen-bond acceptors (Lipinski definition) is 1. The first-order chi connectivity index (χ1) is 4.97. The minimum Gasteiger partial charge on any atom is -0.330 e. The van der Waals surface area contributed by atoms with Crippen LogP contribution in [-0.2, 0) is 0 Å². The summed E-state index contributed by atoms with van der Waals surface area (Å²) in [5.41, 5.74) is 4.84. The molecule has 4 heteroatoms. The standard InChI is InChI=1S/C4H8F3N.C3H8/c5-4(6,7)2-1-3-8;1-3-2/h1-3,8H2;3H2,1-2H3. The normalized spacial score (nSPS) is 10.4. The second-order valence-electron chi connectivity index (χ2n) is 2.21. The Morgan fingerprint density at radius 1 is 1.18 bits per heavy atom. The van der Waals surface area contributed by atoms with Gasteiger partial charge in [0.15, 0.2) is 0 Å². The minimum absolute atomic E-state index is 0.0312. The van der Waals surface area contributed by atoms with Gasteiger partial charge in [0, 0.05) is 6.42 Å². The molecule has 2 N–H and O–H groups in total. The lowest BCUT2D eigenvalue weighted by atomic mass is 10.3. The van der Waals surface area contributed by atoms with Crippen molar-refractivity contribution in [1.29, 1.82) is 0 Å². The van der Waals surface area contributed by atoms with Crippen LogP contribution in [0, 0.1) is 0 Å². The molecule has 0 aliphatic rings. The first kappa shape index (κ1) is 13.3. The van der Waals surface area contributed by atoms with Gasteiger partial charge in [-0.15, -0.1) is 0 Å². The Labute approximate surface area is 65.8 Å². The Hall–Kier alpha value is -0.250. The predicted octanol–water partition coefficient (Wildman–Crippen LogP) is 2.70. The monoisotopic (exact) mass is 171 g/mol. The average molecular weight is 171 g/mol. The van der Waals surface area contributed by atoms with E-state index in [0.717, 1.165) is 0 Å². The van der Waals surface area contributed by atoms with Gasteiger partial charge >= 0.3 is 6.18 Å². The number of halogens is 3. The van der Waals surface area contributed by atoms with Gasteiger partial charge in [-0.1, -0.05) is 20.3 Å². The molecule has 0 aromatic rings. The van der Waals surface area contributed by atoms with Crippen LogP contribution < -0.4 is 5.73 Å². The SMILES string of the molecule is CCC.NCCCC(F)(F)F. The zero-order valence-electron chi connectivity index (χ0n) is 7.04. The molecule has 0 unspecified atom stereocenters. The lowest BCUT2D eigenvalue weighted by molar-refractivity contribution is -0.134. The van der Waals surface area contributed by atoms with Crippen LogP contribution in [0.1, 0.15) is 33.1 Å². The molecule has 0 aromatic heterocycles. The predicted molar refractivity (Wildman–Crippen MR) is 40.3 cm³/mol. The van der Waals surface area contributed by atoms with Crippen molar-refractivity contribution in [1.82, 2.24) is 0 Å². The van der Waals surface area contributed by atoms with Crippen molar-refractivity contribution in [2.45, 2.75) is 39.3 Å². The fraction of sp³-hybridized carbons (Fsp3) is 1.00. The van der Waals surface area contributed by atoms with Crippen LogP contribution >= 0.6 is 0 Å². The molecule has 0 spiro atoms. The summed E-state index contributed by atoms with van der Waals surface area (Å²) in [6.45, 7) is 4.36. The van der Waals surface area contributed by atoms with Crippen molar-refractivity contribution in [3.8, 4) is 0 Å². The fourth-order valence-corrected chi connectivity index (χ4v) is 0.303. The molecule has 0 aliphatic carbocycles. The molecule has 0 radical (unpaired) electrons. The summed E-state index contributed by atoms with van der Waals surface area (Å²) in [5, 5.41) is 0. The lowest BCUT2D eigenvalue weighted by Crippen LogP contribution is -2.10. The zero-order chi connectivity index (χ0) is 9.33. The van der Waals surface area contributed by atoms with E-state index in [1.807, 2.05) is 0 Å². The van der Waals surface area contributed by atoms with E-state index in [1.54, 1.807) is 0 Å². The van der Waals surface area contributed by atoms with Gasteiger partial charge in [0.1, 0.15) is 0 Å². The van der Waals surface area contributed by atoms with Crippen LogP contribution in [0.5, 0.6) is 0 Å². The van der Waals surface area contributed by atoms with Crippen LogP contribution in [-0.4, -0.2) is 12.7 Å². The van der Waals surface area contributed by atoms with Crippen LogP contribution in [0.25, 0.3) is 0 Å². The summed E-state index contributed by atoms with van der Waals surface area (Å²) in [7, 11) is 0. The van der Waals surface area contributed by atoms with E-state index in [4.69, 9.17) is 5.73 Å². The van der Waals surface area contributed by atoms with Crippen molar-refractivity contribution in [3.63, 3.8) is 0 Å². The molecule has 0 aliphatic heterocycles. The second kappa shape index (κ2) is 7.85. The lowest BCUT2D eigenvalue weighted by Gasteiger charge is -2.02. The molecule has 0 rings (SSSR count). The van der Waals surface area contributed by atoms with Gasteiger partial charge in [0.2, 0.25) is 0 Å². The van der Waals surface area contributed by atoms with Crippen molar-refractivity contribution in [3.05, 3.63) is 0 Å². The summed E-state index contributed by atoms with van der Waals surface area (Å²) in [6.07, 6.45) is -3.51. The van der Waals surface area contributed by atoms with Crippen molar-refractivity contribution in [2.24, 2.45) is 5.73 Å². The van der Waals surface area contributed by atoms with Crippen LogP contribution in [0.15, 0.2) is 0 Å². The maximum atomic E-state index is 11.2. The number of rotatable bonds is 2. The Balaban J connectivity index is 0. The first-order valence-corrected chi connectivity index (χ1v) is 3.74. The number of alkyl halides is 3. The molecule has 11 heavy (non-hydrogen) atoms. The highest BCUT2D eigenvalue weighted by atomic mass is 19.4. The summed E-state index contributed by atoms with van der Waals surface area (Å²) in [6, 6.07) is 0. The van der Waals surface area contributed by atoms with Gasteiger partial charge in [-0.05, 0) is 13.0 Å². The molecule has 0 heterocycles. The number of nitrogens with two attached hydrogens (primary N) is 1. The third-order valence-electron chi connectivity index (χ3n) is 0.664. The summed E-state index contributed by atoms with van der Waals surface area (Å²) in [4.78, 5) is 0. The summed E-state index contributed by atoms with van der Waals surface area (Å²) < 4.78 is 33.6. The molecule has 70 valence electrons. The fourth-order valence-electron chi connectivity index (χ4n) is 0.303. The van der Waals surface area contributed by atoms with Gasteiger partial charge in [0.25, 0.3) is 0 Å². The van der Waals surface area contributed by atoms with Gasteiger partial charge in [0.05, 0.1) is 0 Å². The molecule has 0 saturated carbocycles. The first-order valence-electron chi connectivity index (χ1n) is 3.74. The van der Waals surface area contributed by atoms with E-state index < -0.39 is 12.6 Å². The van der Waals surface area contributed by atoms with Crippen LogP contribution in [0.2, 0.25) is 0 Å². The van der Waals surface area contributed by atoms with Crippen molar-refractivity contribution >= 4 is 0 Å². The number of hydrogen-bond donors (Lipinski definition) is 1. The molecule has 0 amide bonds. The molecular weight excluding hydrogens is 155 g/mol. The average Bonchev–Trinajstić information content (AvgIpc) is 1.84. The largest absolute Gasteiger partial charge is 0.389 e. The van der Waals surface area contributed by atoms with Crippen molar-refractivity contribution in [2.75, 3.05) is 6.54 Å². The molecule has 0 bridgehead atoms. The van der Waals surface area contributed by atoms with Gasteiger partial charge in [-0.2, -0.15) is 13.2 Å². The van der Waals surface area contributed by atoms with E-state index in [2.05, 4.69) is 13.8 Å². The second-order valence-corrected chi connectivity index (χ2v) is 2.21. The Kier molecular flexibility index (Phi) is 9.53. The van der Waals surface area contributed by atoms with E-state index in [0.29, 0.717) is 0 Å². The Morgan fingerprint density at radius 2 is 1.55 bits per heavy atom. The minimum atomic E-state index is -4.03. The molecule has 1 nitrogen and oxygen atoms in total. The highest BCUT2D eigenvalue weighted by Gasteiger charge is 2.25. The van der Waals surface area contributed by atoms with E-state index in [-0.39, 0.29) is 13.0 Å². The van der Waals surface area contributed by atoms with Crippen molar-refractivity contribution < 1.29 is 13.2 Å². The highest BCUT2D eigenvalue weighted by Crippen LogP contribution is 2.20. The quantitative estimate of drug-likeness (QED) is 0.679. The maximum absolute atomic E-state index is 11.2. The third kappa shape index (κ3) is 26.0. The van der Waals surface area contributed by atoms with E-state index in [9.17, 15) is 13.2 Å². The van der Waals surface area contributed by atoms with Crippen LogP contribution in [0.4, 0.5) is 13.2 Å². The Morgan fingerprint density at radius 3 is 1.64 bits per heavy atom. The van der Waals surface area contributed by atoms with E-state index >= 15 is 0 Å².